The summed E-state index contributed by atoms with van der Waals surface area (Å²) >= 11 is 8.76. The van der Waals surface area contributed by atoms with Gasteiger partial charge in [0, 0.05) is 28.6 Å². The Kier molecular flexibility index (Phi) is 4.93. The molecule has 0 atom stereocenters. The molecule has 0 aliphatic rings. The van der Waals surface area contributed by atoms with E-state index in [2.05, 4.69) is 31.5 Å². The molecule has 3 N–H and O–H groups in total. The molecular formula is C17H15BrFN3S. The van der Waals surface area contributed by atoms with Crippen LogP contribution in [0.4, 0.5) is 10.1 Å². The summed E-state index contributed by atoms with van der Waals surface area (Å²) in [6.45, 7) is 0.686. The van der Waals surface area contributed by atoms with Gasteiger partial charge in [-0.1, -0.05) is 12.1 Å². The third-order valence-corrected chi connectivity index (χ3v) is 4.38. The Bertz CT molecular complexity index is 847. The molecule has 2 aromatic carbocycles. The lowest BCUT2D eigenvalue weighted by Crippen LogP contribution is -2.30. The summed E-state index contributed by atoms with van der Waals surface area (Å²) in [6.07, 6.45) is 0.772. The van der Waals surface area contributed by atoms with Crippen molar-refractivity contribution in [1.82, 2.24) is 10.3 Å². The number of aromatic amines is 1. The normalized spacial score (nSPS) is 10.7. The Hall–Kier alpha value is -1.92. The number of rotatable bonds is 4. The van der Waals surface area contributed by atoms with E-state index in [9.17, 15) is 4.39 Å². The van der Waals surface area contributed by atoms with Crippen LogP contribution in [0.25, 0.3) is 10.9 Å². The molecule has 0 fully saturated rings. The summed E-state index contributed by atoms with van der Waals surface area (Å²) in [6, 6.07) is 14.6. The van der Waals surface area contributed by atoms with Crippen molar-refractivity contribution in [3.8, 4) is 0 Å². The minimum absolute atomic E-state index is 0.233. The molecule has 3 nitrogen and oxygen atoms in total. The van der Waals surface area contributed by atoms with Gasteiger partial charge in [-0.05, 0) is 69.9 Å². The van der Waals surface area contributed by atoms with Crippen LogP contribution in [0.2, 0.25) is 0 Å². The summed E-state index contributed by atoms with van der Waals surface area (Å²) in [4.78, 5) is 3.22. The fraction of sp³-hybridized carbons (Fsp3) is 0.118. The smallest absolute Gasteiger partial charge is 0.170 e. The van der Waals surface area contributed by atoms with Gasteiger partial charge in [-0.2, -0.15) is 0 Å². The lowest BCUT2D eigenvalue weighted by Gasteiger charge is -2.11. The van der Waals surface area contributed by atoms with Gasteiger partial charge in [0.1, 0.15) is 5.82 Å². The molecule has 0 spiro atoms. The number of nitrogens with one attached hydrogen (secondary N) is 3. The van der Waals surface area contributed by atoms with Crippen LogP contribution < -0.4 is 10.6 Å². The van der Waals surface area contributed by atoms with Crippen LogP contribution in [0, 0.1) is 5.82 Å². The highest BCUT2D eigenvalue weighted by Gasteiger charge is 2.04. The zero-order valence-corrected chi connectivity index (χ0v) is 14.6. The van der Waals surface area contributed by atoms with E-state index in [0.717, 1.165) is 33.2 Å². The molecule has 23 heavy (non-hydrogen) atoms. The van der Waals surface area contributed by atoms with Gasteiger partial charge in [0.15, 0.2) is 5.11 Å². The standard InChI is InChI=1S/C17H15BrFN3S/c18-14-3-1-2-4-15(14)22-17(23)20-8-7-13-9-11-5-6-12(19)10-16(11)21-13/h1-6,9-10,21H,7-8H2,(H2,20,22,23). The zero-order valence-electron chi connectivity index (χ0n) is 12.2. The highest BCUT2D eigenvalue weighted by atomic mass is 79.9. The molecule has 0 radical (unpaired) electrons. The molecule has 0 bridgehead atoms. The van der Waals surface area contributed by atoms with Crippen molar-refractivity contribution in [2.75, 3.05) is 11.9 Å². The van der Waals surface area contributed by atoms with Crippen LogP contribution in [0.5, 0.6) is 0 Å². The first kappa shape index (κ1) is 16.0. The van der Waals surface area contributed by atoms with Crippen LogP contribution in [-0.4, -0.2) is 16.6 Å². The Morgan fingerprint density at radius 2 is 2.00 bits per heavy atom. The summed E-state index contributed by atoms with van der Waals surface area (Å²) in [7, 11) is 0. The minimum Gasteiger partial charge on any atom is -0.362 e. The number of anilines is 1. The quantitative estimate of drug-likeness (QED) is 0.569. The predicted molar refractivity (Wildman–Crippen MR) is 100 cm³/mol. The summed E-state index contributed by atoms with van der Waals surface area (Å²) in [5.41, 5.74) is 2.78. The first-order valence-corrected chi connectivity index (χ1v) is 8.38. The number of thiocarbonyl (C=S) groups is 1. The maximum Gasteiger partial charge on any atom is 0.170 e. The second kappa shape index (κ2) is 7.10. The van der Waals surface area contributed by atoms with Crippen molar-refractivity contribution >= 4 is 49.9 Å². The van der Waals surface area contributed by atoms with Gasteiger partial charge in [0.05, 0.1) is 5.69 Å². The molecule has 1 aromatic heterocycles. The van der Waals surface area contributed by atoms with Crippen LogP contribution in [0.1, 0.15) is 5.69 Å². The fourth-order valence-electron chi connectivity index (χ4n) is 2.33. The van der Waals surface area contributed by atoms with E-state index in [1.165, 1.54) is 12.1 Å². The van der Waals surface area contributed by atoms with Gasteiger partial charge >= 0.3 is 0 Å². The highest BCUT2D eigenvalue weighted by Crippen LogP contribution is 2.21. The molecule has 118 valence electrons. The molecule has 0 saturated heterocycles. The number of benzene rings is 2. The Morgan fingerprint density at radius 3 is 2.83 bits per heavy atom. The van der Waals surface area contributed by atoms with Crippen LogP contribution in [0.15, 0.2) is 53.0 Å². The maximum absolute atomic E-state index is 13.2. The first-order valence-electron chi connectivity index (χ1n) is 7.18. The van der Waals surface area contributed by atoms with E-state index >= 15 is 0 Å². The van der Waals surface area contributed by atoms with E-state index < -0.39 is 0 Å². The van der Waals surface area contributed by atoms with Gasteiger partial charge in [-0.25, -0.2) is 4.39 Å². The Balaban J connectivity index is 1.54. The molecule has 0 amide bonds. The van der Waals surface area contributed by atoms with E-state index in [-0.39, 0.29) is 5.82 Å². The number of hydrogen-bond donors (Lipinski definition) is 3. The SMILES string of the molecule is Fc1ccc2cc(CCNC(=S)Nc3ccccc3Br)[nH]c2c1. The highest BCUT2D eigenvalue weighted by molar-refractivity contribution is 9.10. The van der Waals surface area contributed by atoms with Gasteiger partial charge in [0.25, 0.3) is 0 Å². The monoisotopic (exact) mass is 391 g/mol. The van der Waals surface area contributed by atoms with Crippen molar-refractivity contribution < 1.29 is 4.39 Å². The van der Waals surface area contributed by atoms with Crippen LogP contribution in [-0.2, 0) is 6.42 Å². The molecule has 1 heterocycles. The minimum atomic E-state index is -0.233. The lowest BCUT2D eigenvalue weighted by molar-refractivity contribution is 0.629. The van der Waals surface area contributed by atoms with Crippen molar-refractivity contribution in [1.29, 1.82) is 0 Å². The number of fused-ring (bicyclic) bond motifs is 1. The summed E-state index contributed by atoms with van der Waals surface area (Å²) in [5, 5.41) is 7.89. The van der Waals surface area contributed by atoms with Gasteiger partial charge in [0.2, 0.25) is 0 Å². The molecule has 0 saturated carbocycles. The number of para-hydroxylation sites is 1. The molecule has 3 rings (SSSR count). The largest absolute Gasteiger partial charge is 0.362 e. The first-order chi connectivity index (χ1) is 11.1. The molecular weight excluding hydrogens is 377 g/mol. The van der Waals surface area contributed by atoms with E-state index in [4.69, 9.17) is 12.2 Å². The van der Waals surface area contributed by atoms with Crippen molar-refractivity contribution in [3.05, 3.63) is 64.5 Å². The molecule has 0 unspecified atom stereocenters. The lowest BCUT2D eigenvalue weighted by atomic mass is 10.2. The number of hydrogen-bond acceptors (Lipinski definition) is 1. The van der Waals surface area contributed by atoms with E-state index in [0.29, 0.717) is 11.7 Å². The fourth-order valence-corrected chi connectivity index (χ4v) is 2.93. The van der Waals surface area contributed by atoms with Crippen LogP contribution >= 0.6 is 28.1 Å². The van der Waals surface area contributed by atoms with Gasteiger partial charge in [-0.3, -0.25) is 0 Å². The topological polar surface area (TPSA) is 39.8 Å². The molecule has 6 heteroatoms. The summed E-state index contributed by atoms with van der Waals surface area (Å²) in [5.74, 6) is -0.233. The van der Waals surface area contributed by atoms with Crippen molar-refractivity contribution in [2.45, 2.75) is 6.42 Å². The maximum atomic E-state index is 13.2. The molecule has 3 aromatic rings. The third kappa shape index (κ3) is 4.09. The van der Waals surface area contributed by atoms with Crippen LogP contribution in [0.3, 0.4) is 0 Å². The molecule has 0 aliphatic heterocycles. The Labute approximate surface area is 147 Å². The van der Waals surface area contributed by atoms with E-state index in [1.807, 2.05) is 30.3 Å². The predicted octanol–water partition coefficient (Wildman–Crippen LogP) is 4.60. The Morgan fingerprint density at radius 1 is 1.17 bits per heavy atom. The molecule has 0 aliphatic carbocycles. The number of halogens is 2. The average molecular weight is 392 g/mol. The third-order valence-electron chi connectivity index (χ3n) is 3.44. The average Bonchev–Trinajstić information content (AvgIpc) is 2.91. The van der Waals surface area contributed by atoms with E-state index in [1.54, 1.807) is 6.07 Å². The summed E-state index contributed by atoms with van der Waals surface area (Å²) < 4.78 is 14.1. The second-order valence-electron chi connectivity index (χ2n) is 5.14. The van der Waals surface area contributed by atoms with Gasteiger partial charge in [-0.15, -0.1) is 0 Å². The number of aromatic nitrogens is 1. The second-order valence-corrected chi connectivity index (χ2v) is 6.40. The van der Waals surface area contributed by atoms with Crippen molar-refractivity contribution in [2.24, 2.45) is 0 Å². The number of H-pyrrole nitrogens is 1. The zero-order chi connectivity index (χ0) is 16.2. The van der Waals surface area contributed by atoms with Crippen molar-refractivity contribution in [3.63, 3.8) is 0 Å². The van der Waals surface area contributed by atoms with Gasteiger partial charge < -0.3 is 15.6 Å².